The number of hydrogen-bond acceptors (Lipinski definition) is 4. The smallest absolute Gasteiger partial charge is 0.0828 e. The summed E-state index contributed by atoms with van der Waals surface area (Å²) >= 11 is 1.44. The fourth-order valence-electron chi connectivity index (χ4n) is 1.48. The van der Waals surface area contributed by atoms with E-state index in [1.807, 2.05) is 0 Å². The van der Waals surface area contributed by atoms with Crippen LogP contribution in [-0.4, -0.2) is 9.59 Å². The van der Waals surface area contributed by atoms with Gasteiger partial charge in [-0.15, -0.1) is 5.10 Å². The van der Waals surface area contributed by atoms with Crippen LogP contribution in [0.3, 0.4) is 0 Å². The maximum absolute atomic E-state index is 6.11. The first-order chi connectivity index (χ1) is 6.52. The third kappa shape index (κ3) is 2.75. The molecule has 0 radical (unpaired) electrons. The monoisotopic (exact) mass is 213 g/mol. The third-order valence-electron chi connectivity index (χ3n) is 2.15. The molecule has 1 aromatic rings. The van der Waals surface area contributed by atoms with Crippen LogP contribution in [0.2, 0.25) is 0 Å². The molecule has 3 nitrogen and oxygen atoms in total. The molecule has 0 spiro atoms. The van der Waals surface area contributed by atoms with Crippen LogP contribution >= 0.6 is 11.5 Å². The average molecular weight is 213 g/mol. The molecule has 14 heavy (non-hydrogen) atoms. The van der Waals surface area contributed by atoms with Gasteiger partial charge in [0.25, 0.3) is 0 Å². The maximum Gasteiger partial charge on any atom is 0.0828 e. The average Bonchev–Trinajstić information content (AvgIpc) is 2.49. The summed E-state index contributed by atoms with van der Waals surface area (Å²) in [4.78, 5) is 1.16. The molecule has 0 aliphatic carbocycles. The van der Waals surface area contributed by atoms with E-state index in [1.165, 1.54) is 11.5 Å². The van der Waals surface area contributed by atoms with Crippen LogP contribution in [0.4, 0.5) is 0 Å². The molecule has 0 aliphatic heterocycles. The van der Waals surface area contributed by atoms with Crippen molar-refractivity contribution in [2.45, 2.75) is 46.1 Å². The van der Waals surface area contributed by atoms with Crippen molar-refractivity contribution in [3.63, 3.8) is 0 Å². The largest absolute Gasteiger partial charge is 0.323 e. The van der Waals surface area contributed by atoms with E-state index in [2.05, 4.69) is 37.3 Å². The van der Waals surface area contributed by atoms with Gasteiger partial charge in [0.15, 0.2) is 0 Å². The van der Waals surface area contributed by atoms with Crippen molar-refractivity contribution < 1.29 is 0 Å². The summed E-state index contributed by atoms with van der Waals surface area (Å²) in [5.41, 5.74) is 7.18. The molecule has 1 atom stereocenters. The fraction of sp³-hybridized carbons (Fsp3) is 0.800. The van der Waals surface area contributed by atoms with Crippen LogP contribution in [0.15, 0.2) is 0 Å². The summed E-state index contributed by atoms with van der Waals surface area (Å²) in [5, 5.41) is 4.13. The highest BCUT2D eigenvalue weighted by Crippen LogP contribution is 2.28. The van der Waals surface area contributed by atoms with Gasteiger partial charge in [0.05, 0.1) is 10.6 Å². The Balaban J connectivity index is 2.78. The normalized spacial score (nSPS) is 13.9. The Morgan fingerprint density at radius 1 is 1.29 bits per heavy atom. The van der Waals surface area contributed by atoms with E-state index in [4.69, 9.17) is 5.73 Å². The zero-order chi connectivity index (χ0) is 10.7. The SMILES string of the molecule is CC(C)CC(N)c1snnc1C(C)C. The van der Waals surface area contributed by atoms with Crippen LogP contribution in [0.5, 0.6) is 0 Å². The van der Waals surface area contributed by atoms with Gasteiger partial charge >= 0.3 is 0 Å². The second-order valence-corrected chi connectivity index (χ2v) is 5.20. The summed E-state index contributed by atoms with van der Waals surface area (Å²) in [6.45, 7) is 8.62. The minimum atomic E-state index is 0.104. The molecule has 4 heteroatoms. The standard InChI is InChI=1S/C10H19N3S/c1-6(2)5-8(11)10-9(7(3)4)12-13-14-10/h6-8H,5,11H2,1-4H3. The molecule has 0 bridgehead atoms. The van der Waals surface area contributed by atoms with Gasteiger partial charge in [-0.1, -0.05) is 32.2 Å². The number of nitrogens with zero attached hydrogens (tertiary/aromatic N) is 2. The van der Waals surface area contributed by atoms with Gasteiger partial charge in [-0.25, -0.2) is 0 Å². The molecule has 1 unspecified atom stereocenters. The lowest BCUT2D eigenvalue weighted by molar-refractivity contribution is 0.510. The van der Waals surface area contributed by atoms with E-state index < -0.39 is 0 Å². The third-order valence-corrected chi connectivity index (χ3v) is 3.02. The predicted molar refractivity (Wildman–Crippen MR) is 60.4 cm³/mol. The summed E-state index contributed by atoms with van der Waals surface area (Å²) < 4.78 is 3.98. The first kappa shape index (κ1) is 11.6. The molecule has 80 valence electrons. The number of rotatable bonds is 4. The lowest BCUT2D eigenvalue weighted by Crippen LogP contribution is -2.13. The Bertz CT molecular complexity index is 281. The van der Waals surface area contributed by atoms with Crippen LogP contribution in [0, 0.1) is 5.92 Å². The van der Waals surface area contributed by atoms with E-state index >= 15 is 0 Å². The Kier molecular flexibility index (Phi) is 4.01. The van der Waals surface area contributed by atoms with Gasteiger partial charge in [-0.2, -0.15) is 0 Å². The highest BCUT2D eigenvalue weighted by atomic mass is 32.1. The Morgan fingerprint density at radius 3 is 2.43 bits per heavy atom. The Hall–Kier alpha value is -0.480. The van der Waals surface area contributed by atoms with Crippen LogP contribution in [0.25, 0.3) is 0 Å². The topological polar surface area (TPSA) is 51.8 Å². The molecule has 2 N–H and O–H groups in total. The zero-order valence-corrected chi connectivity index (χ0v) is 10.1. The lowest BCUT2D eigenvalue weighted by Gasteiger charge is -2.14. The van der Waals surface area contributed by atoms with Crippen LogP contribution in [0.1, 0.15) is 56.6 Å². The van der Waals surface area contributed by atoms with E-state index in [1.54, 1.807) is 0 Å². The van der Waals surface area contributed by atoms with Crippen molar-refractivity contribution in [2.24, 2.45) is 11.7 Å². The van der Waals surface area contributed by atoms with Gasteiger partial charge < -0.3 is 5.73 Å². The Labute approximate surface area is 89.9 Å². The van der Waals surface area contributed by atoms with Crippen LogP contribution < -0.4 is 5.73 Å². The second-order valence-electron chi connectivity index (χ2n) is 4.41. The molecule has 1 aromatic heterocycles. The summed E-state index contributed by atoms with van der Waals surface area (Å²) in [6.07, 6.45) is 1.00. The van der Waals surface area contributed by atoms with Crippen molar-refractivity contribution in [3.8, 4) is 0 Å². The lowest BCUT2D eigenvalue weighted by atomic mass is 9.99. The van der Waals surface area contributed by atoms with Crippen molar-refractivity contribution in [2.75, 3.05) is 0 Å². The molecule has 0 aromatic carbocycles. The highest BCUT2D eigenvalue weighted by molar-refractivity contribution is 7.05. The number of aromatic nitrogens is 2. The maximum atomic E-state index is 6.11. The molecular formula is C10H19N3S. The molecular weight excluding hydrogens is 194 g/mol. The second kappa shape index (κ2) is 4.84. The highest BCUT2D eigenvalue weighted by Gasteiger charge is 2.18. The van der Waals surface area contributed by atoms with Gasteiger partial charge in [-0.05, 0) is 29.8 Å². The summed E-state index contributed by atoms with van der Waals surface area (Å²) in [6, 6.07) is 0.104. The molecule has 0 amide bonds. The van der Waals surface area contributed by atoms with Gasteiger partial charge in [0.2, 0.25) is 0 Å². The van der Waals surface area contributed by atoms with Crippen LogP contribution in [-0.2, 0) is 0 Å². The van der Waals surface area contributed by atoms with E-state index in [0.29, 0.717) is 11.8 Å². The summed E-state index contributed by atoms with van der Waals surface area (Å²) in [5.74, 6) is 1.04. The Morgan fingerprint density at radius 2 is 1.93 bits per heavy atom. The number of hydrogen-bond donors (Lipinski definition) is 1. The fourth-order valence-corrected chi connectivity index (χ4v) is 2.30. The minimum Gasteiger partial charge on any atom is -0.323 e. The van der Waals surface area contributed by atoms with Crippen molar-refractivity contribution >= 4 is 11.5 Å². The van der Waals surface area contributed by atoms with E-state index in [0.717, 1.165) is 17.0 Å². The predicted octanol–water partition coefficient (Wildman–Crippen LogP) is 2.71. The van der Waals surface area contributed by atoms with E-state index in [9.17, 15) is 0 Å². The van der Waals surface area contributed by atoms with Gasteiger partial charge in [-0.3, -0.25) is 0 Å². The first-order valence-corrected chi connectivity index (χ1v) is 5.87. The molecule has 1 rings (SSSR count). The molecule has 0 fully saturated rings. The van der Waals surface area contributed by atoms with Crippen molar-refractivity contribution in [1.29, 1.82) is 0 Å². The van der Waals surface area contributed by atoms with Gasteiger partial charge in [0.1, 0.15) is 0 Å². The first-order valence-electron chi connectivity index (χ1n) is 5.10. The molecule has 0 saturated heterocycles. The summed E-state index contributed by atoms with van der Waals surface area (Å²) in [7, 11) is 0. The molecule has 1 heterocycles. The van der Waals surface area contributed by atoms with Crippen molar-refractivity contribution in [1.82, 2.24) is 9.59 Å². The van der Waals surface area contributed by atoms with Crippen molar-refractivity contribution in [3.05, 3.63) is 10.6 Å². The number of nitrogens with two attached hydrogens (primary N) is 1. The minimum absolute atomic E-state index is 0.104. The van der Waals surface area contributed by atoms with Gasteiger partial charge in [0, 0.05) is 6.04 Å². The zero-order valence-electron chi connectivity index (χ0n) is 9.32. The molecule has 0 aliphatic rings. The van der Waals surface area contributed by atoms with E-state index in [-0.39, 0.29) is 6.04 Å². The molecule has 0 saturated carbocycles. The quantitative estimate of drug-likeness (QED) is 0.836.